The summed E-state index contributed by atoms with van der Waals surface area (Å²) in [6, 6.07) is 4.76. The van der Waals surface area contributed by atoms with Gasteiger partial charge in [-0.1, -0.05) is 6.07 Å². The van der Waals surface area contributed by atoms with Gasteiger partial charge in [0.25, 0.3) is 5.91 Å². The first-order valence-electron chi connectivity index (χ1n) is 7.87. The Hall–Kier alpha value is -2.13. The van der Waals surface area contributed by atoms with E-state index in [0.29, 0.717) is 43.1 Å². The molecule has 0 saturated carbocycles. The first kappa shape index (κ1) is 19.2. The summed E-state index contributed by atoms with van der Waals surface area (Å²) in [6.07, 6.45) is 1.05. The van der Waals surface area contributed by atoms with E-state index in [9.17, 15) is 18.0 Å². The van der Waals surface area contributed by atoms with Crippen molar-refractivity contribution in [2.45, 2.75) is 6.92 Å². The van der Waals surface area contributed by atoms with Gasteiger partial charge in [-0.15, -0.1) is 0 Å². The number of benzene rings is 1. The van der Waals surface area contributed by atoms with Gasteiger partial charge >= 0.3 is 0 Å². The number of aryl methyl sites for hydroxylation is 1. The first-order valence-corrected chi connectivity index (χ1v) is 9.76. The number of carbonyl (C=O) groups is 2. The van der Waals surface area contributed by atoms with E-state index in [2.05, 4.69) is 4.72 Å². The highest BCUT2D eigenvalue weighted by Gasteiger charge is 2.21. The van der Waals surface area contributed by atoms with Crippen LogP contribution in [0.25, 0.3) is 0 Å². The van der Waals surface area contributed by atoms with E-state index < -0.39 is 10.0 Å². The largest absolute Gasteiger partial charge is 0.378 e. The van der Waals surface area contributed by atoms with Gasteiger partial charge in [-0.3, -0.25) is 14.3 Å². The van der Waals surface area contributed by atoms with Crippen molar-refractivity contribution in [2.75, 3.05) is 50.9 Å². The molecule has 0 aliphatic carbocycles. The third-order valence-electron chi connectivity index (χ3n) is 3.86. The lowest BCUT2D eigenvalue weighted by Gasteiger charge is -2.28. The molecule has 8 nitrogen and oxygen atoms in total. The lowest BCUT2D eigenvalue weighted by molar-refractivity contribution is -0.135. The Morgan fingerprint density at radius 1 is 1.28 bits per heavy atom. The zero-order valence-corrected chi connectivity index (χ0v) is 15.4. The molecule has 0 spiro atoms. The quantitative estimate of drug-likeness (QED) is 0.805. The van der Waals surface area contributed by atoms with Crippen molar-refractivity contribution in [1.82, 2.24) is 9.80 Å². The van der Waals surface area contributed by atoms with Gasteiger partial charge in [0, 0.05) is 25.7 Å². The van der Waals surface area contributed by atoms with Crippen molar-refractivity contribution in [3.63, 3.8) is 0 Å². The highest BCUT2D eigenvalue weighted by atomic mass is 32.2. The minimum Gasteiger partial charge on any atom is -0.378 e. The van der Waals surface area contributed by atoms with Crippen LogP contribution < -0.4 is 4.72 Å². The molecular formula is C16H23N3O5S. The van der Waals surface area contributed by atoms with Crippen LogP contribution in [0.2, 0.25) is 0 Å². The predicted octanol–water partition coefficient (Wildman–Crippen LogP) is 0.297. The van der Waals surface area contributed by atoms with E-state index >= 15 is 0 Å². The maximum absolute atomic E-state index is 12.5. The average Bonchev–Trinajstić information content (AvgIpc) is 2.55. The lowest BCUT2D eigenvalue weighted by Crippen LogP contribution is -2.46. The van der Waals surface area contributed by atoms with Gasteiger partial charge in [-0.05, 0) is 24.6 Å². The topological polar surface area (TPSA) is 96.0 Å². The number of anilines is 1. The Morgan fingerprint density at radius 2 is 1.92 bits per heavy atom. The number of hydrogen-bond acceptors (Lipinski definition) is 5. The summed E-state index contributed by atoms with van der Waals surface area (Å²) in [5.74, 6) is -0.487. The Bertz CT molecular complexity index is 757. The van der Waals surface area contributed by atoms with Crippen LogP contribution in [0.5, 0.6) is 0 Å². The second kappa shape index (κ2) is 7.83. The molecule has 1 N–H and O–H groups in total. The molecule has 1 aromatic carbocycles. The van der Waals surface area contributed by atoms with Gasteiger partial charge in [0.2, 0.25) is 15.9 Å². The molecule has 1 aromatic rings. The molecule has 1 aliphatic heterocycles. The van der Waals surface area contributed by atoms with Crippen LogP contribution in [0.15, 0.2) is 18.2 Å². The van der Waals surface area contributed by atoms with Gasteiger partial charge < -0.3 is 14.5 Å². The number of amides is 2. The molecular weight excluding hydrogens is 346 g/mol. The lowest BCUT2D eigenvalue weighted by atomic mass is 10.1. The van der Waals surface area contributed by atoms with Crippen molar-refractivity contribution >= 4 is 27.5 Å². The van der Waals surface area contributed by atoms with E-state index in [1.54, 1.807) is 31.0 Å². The standard InChI is InChI=1S/C16H23N3O5S/c1-12-4-5-13(10-14(12)17-25(3,22)23)16(21)18(2)11-15(20)19-6-8-24-9-7-19/h4-5,10,17H,6-9,11H2,1-3H3. The maximum atomic E-state index is 12.5. The minimum absolute atomic E-state index is 0.0401. The number of rotatable bonds is 5. The summed E-state index contributed by atoms with van der Waals surface area (Å²) in [6.45, 7) is 3.75. The van der Waals surface area contributed by atoms with E-state index in [-0.39, 0.29) is 18.4 Å². The van der Waals surface area contributed by atoms with Crippen LogP contribution >= 0.6 is 0 Å². The fourth-order valence-corrected chi connectivity index (χ4v) is 3.09. The molecule has 0 aromatic heterocycles. The highest BCUT2D eigenvalue weighted by molar-refractivity contribution is 7.92. The Balaban J connectivity index is 2.08. The number of sulfonamides is 1. The van der Waals surface area contributed by atoms with Crippen LogP contribution in [0.3, 0.4) is 0 Å². The van der Waals surface area contributed by atoms with Crippen molar-refractivity contribution in [2.24, 2.45) is 0 Å². The van der Waals surface area contributed by atoms with Gasteiger partial charge in [-0.25, -0.2) is 8.42 Å². The minimum atomic E-state index is -3.44. The zero-order valence-electron chi connectivity index (χ0n) is 14.6. The second-order valence-corrected chi connectivity index (χ2v) is 7.81. The summed E-state index contributed by atoms with van der Waals surface area (Å²) in [4.78, 5) is 27.8. The van der Waals surface area contributed by atoms with E-state index in [1.165, 1.54) is 11.0 Å². The molecule has 0 radical (unpaired) electrons. The molecule has 1 aliphatic rings. The van der Waals surface area contributed by atoms with Crippen LogP contribution in [0.1, 0.15) is 15.9 Å². The normalized spacial score (nSPS) is 14.9. The SMILES string of the molecule is Cc1ccc(C(=O)N(C)CC(=O)N2CCOCC2)cc1NS(C)(=O)=O. The first-order chi connectivity index (χ1) is 11.7. The third-order valence-corrected chi connectivity index (χ3v) is 4.45. The maximum Gasteiger partial charge on any atom is 0.254 e. The van der Waals surface area contributed by atoms with E-state index in [4.69, 9.17) is 4.74 Å². The number of likely N-dealkylation sites (N-methyl/N-ethyl adjacent to an activating group) is 1. The number of nitrogens with one attached hydrogen (secondary N) is 1. The summed E-state index contributed by atoms with van der Waals surface area (Å²) in [5.41, 5.74) is 1.37. The van der Waals surface area contributed by atoms with Crippen molar-refractivity contribution in [1.29, 1.82) is 0 Å². The highest BCUT2D eigenvalue weighted by Crippen LogP contribution is 2.19. The van der Waals surface area contributed by atoms with E-state index in [1.807, 2.05) is 0 Å². The third kappa shape index (κ3) is 5.43. The molecule has 1 heterocycles. The Labute approximate surface area is 147 Å². The van der Waals surface area contributed by atoms with Crippen LogP contribution in [-0.4, -0.2) is 76.2 Å². The van der Waals surface area contributed by atoms with Crippen molar-refractivity contribution in [3.05, 3.63) is 29.3 Å². The number of hydrogen-bond donors (Lipinski definition) is 1. The number of ether oxygens (including phenoxy) is 1. The average molecular weight is 369 g/mol. The monoisotopic (exact) mass is 369 g/mol. The molecule has 9 heteroatoms. The van der Waals surface area contributed by atoms with Crippen LogP contribution in [0.4, 0.5) is 5.69 Å². The predicted molar refractivity (Wildman–Crippen MR) is 94.0 cm³/mol. The van der Waals surface area contributed by atoms with E-state index in [0.717, 1.165) is 6.26 Å². The summed E-state index contributed by atoms with van der Waals surface area (Å²) in [5, 5.41) is 0. The zero-order chi connectivity index (χ0) is 18.6. The number of morpholine rings is 1. The summed E-state index contributed by atoms with van der Waals surface area (Å²) < 4.78 is 30.4. The van der Waals surface area contributed by atoms with Gasteiger partial charge in [0.05, 0.1) is 31.7 Å². The fraction of sp³-hybridized carbons (Fsp3) is 0.500. The van der Waals surface area contributed by atoms with Crippen molar-refractivity contribution < 1.29 is 22.7 Å². The molecule has 1 saturated heterocycles. The van der Waals surface area contributed by atoms with Gasteiger partial charge in [0.1, 0.15) is 0 Å². The van der Waals surface area contributed by atoms with Crippen molar-refractivity contribution in [3.8, 4) is 0 Å². The molecule has 1 fully saturated rings. The molecule has 0 bridgehead atoms. The van der Waals surface area contributed by atoms with Crippen LogP contribution in [-0.2, 0) is 19.6 Å². The Kier molecular flexibility index (Phi) is 6.02. The van der Waals surface area contributed by atoms with Crippen LogP contribution in [0, 0.1) is 6.92 Å². The molecule has 2 amide bonds. The van der Waals surface area contributed by atoms with Gasteiger partial charge in [0.15, 0.2) is 0 Å². The fourth-order valence-electron chi connectivity index (χ4n) is 2.47. The number of nitrogens with zero attached hydrogens (tertiary/aromatic N) is 2. The Morgan fingerprint density at radius 3 is 2.52 bits per heavy atom. The summed E-state index contributed by atoms with van der Waals surface area (Å²) in [7, 11) is -1.90. The van der Waals surface area contributed by atoms with Gasteiger partial charge in [-0.2, -0.15) is 0 Å². The number of carbonyl (C=O) groups excluding carboxylic acids is 2. The molecule has 2 rings (SSSR count). The molecule has 0 unspecified atom stereocenters. The summed E-state index contributed by atoms with van der Waals surface area (Å²) >= 11 is 0. The molecule has 0 atom stereocenters. The second-order valence-electron chi connectivity index (χ2n) is 6.06. The molecule has 138 valence electrons. The smallest absolute Gasteiger partial charge is 0.254 e. The molecule has 25 heavy (non-hydrogen) atoms.